The van der Waals surface area contributed by atoms with E-state index in [0.29, 0.717) is 16.8 Å². The Bertz CT molecular complexity index is 691. The van der Waals surface area contributed by atoms with Crippen molar-refractivity contribution in [2.45, 2.75) is 0 Å². The lowest BCUT2D eigenvalue weighted by molar-refractivity contribution is 0.102. The van der Waals surface area contributed by atoms with Crippen molar-refractivity contribution >= 4 is 67.3 Å². The summed E-state index contributed by atoms with van der Waals surface area (Å²) in [5.74, 6) is -0.195. The molecule has 0 spiro atoms. The topological polar surface area (TPSA) is 55.1 Å². The van der Waals surface area contributed by atoms with Crippen LogP contribution in [0.1, 0.15) is 15.9 Å². The van der Waals surface area contributed by atoms with Gasteiger partial charge in [0.05, 0.1) is 11.3 Å². The summed E-state index contributed by atoms with van der Waals surface area (Å²) >= 11 is 10.5. The number of hydrogen-bond donors (Lipinski definition) is 2. The molecule has 0 aliphatic rings. The standard InChI is InChI=1S/C14H10BrIN2OS/c15-8-5-6-11(16)10(7-8)14(19)18-12-4-2-1-3-9(12)13(17)20/h1-7H,(H2,17,20)(H,18,19). The number of amides is 1. The molecule has 0 radical (unpaired) electrons. The first-order valence-electron chi connectivity index (χ1n) is 5.64. The van der Waals surface area contributed by atoms with Crippen LogP contribution < -0.4 is 11.1 Å². The van der Waals surface area contributed by atoms with Crippen LogP contribution in [0.15, 0.2) is 46.9 Å². The Morgan fingerprint density at radius 3 is 2.60 bits per heavy atom. The lowest BCUT2D eigenvalue weighted by Crippen LogP contribution is -2.18. The molecule has 0 atom stereocenters. The van der Waals surface area contributed by atoms with Crippen LogP contribution in [0.2, 0.25) is 0 Å². The van der Waals surface area contributed by atoms with Crippen LogP contribution >= 0.6 is 50.7 Å². The minimum absolute atomic E-state index is 0.195. The normalized spacial score (nSPS) is 10.1. The smallest absolute Gasteiger partial charge is 0.256 e. The third-order valence-electron chi connectivity index (χ3n) is 2.61. The second-order valence-corrected chi connectivity index (χ2v) is 6.51. The second-order valence-electron chi connectivity index (χ2n) is 3.99. The fourth-order valence-electron chi connectivity index (χ4n) is 1.67. The summed E-state index contributed by atoms with van der Waals surface area (Å²) in [4.78, 5) is 12.6. The summed E-state index contributed by atoms with van der Waals surface area (Å²) in [7, 11) is 0. The molecule has 2 rings (SSSR count). The first-order valence-corrected chi connectivity index (χ1v) is 7.92. The maximum Gasteiger partial charge on any atom is 0.256 e. The van der Waals surface area contributed by atoms with Gasteiger partial charge >= 0.3 is 0 Å². The predicted octanol–water partition coefficient (Wildman–Crippen LogP) is 3.94. The summed E-state index contributed by atoms with van der Waals surface area (Å²) in [6.45, 7) is 0. The zero-order chi connectivity index (χ0) is 14.7. The van der Waals surface area contributed by atoms with E-state index in [9.17, 15) is 4.79 Å². The van der Waals surface area contributed by atoms with Gasteiger partial charge in [-0.05, 0) is 52.9 Å². The molecule has 0 aliphatic carbocycles. The van der Waals surface area contributed by atoms with E-state index in [0.717, 1.165) is 8.04 Å². The molecule has 20 heavy (non-hydrogen) atoms. The van der Waals surface area contributed by atoms with Crippen molar-refractivity contribution in [2.24, 2.45) is 5.73 Å². The van der Waals surface area contributed by atoms with Crippen LogP contribution in [0.25, 0.3) is 0 Å². The Hall–Kier alpha value is -0.990. The van der Waals surface area contributed by atoms with E-state index in [1.807, 2.05) is 24.3 Å². The van der Waals surface area contributed by atoms with Crippen LogP contribution in [-0.2, 0) is 0 Å². The summed E-state index contributed by atoms with van der Waals surface area (Å²) in [6.07, 6.45) is 0. The van der Waals surface area contributed by atoms with Crippen LogP contribution in [0.4, 0.5) is 5.69 Å². The number of anilines is 1. The van der Waals surface area contributed by atoms with Gasteiger partial charge in [0.15, 0.2) is 0 Å². The average Bonchev–Trinajstić information content (AvgIpc) is 2.41. The van der Waals surface area contributed by atoms with Gasteiger partial charge < -0.3 is 11.1 Å². The highest BCUT2D eigenvalue weighted by molar-refractivity contribution is 14.1. The van der Waals surface area contributed by atoms with E-state index in [-0.39, 0.29) is 10.9 Å². The van der Waals surface area contributed by atoms with E-state index in [1.165, 1.54) is 0 Å². The quantitative estimate of drug-likeness (QED) is 0.538. The second kappa shape index (κ2) is 6.64. The average molecular weight is 461 g/mol. The molecule has 0 fully saturated rings. The lowest BCUT2D eigenvalue weighted by Gasteiger charge is -2.11. The van der Waals surface area contributed by atoms with Crippen LogP contribution in [0.5, 0.6) is 0 Å². The molecule has 0 saturated heterocycles. The van der Waals surface area contributed by atoms with Crippen molar-refractivity contribution < 1.29 is 4.79 Å². The molecule has 0 unspecified atom stereocenters. The summed E-state index contributed by atoms with van der Waals surface area (Å²) in [5.41, 5.74) is 7.51. The molecule has 0 aromatic heterocycles. The third kappa shape index (κ3) is 3.56. The van der Waals surface area contributed by atoms with Gasteiger partial charge in [-0.3, -0.25) is 4.79 Å². The molecule has 0 heterocycles. The van der Waals surface area contributed by atoms with E-state index in [4.69, 9.17) is 18.0 Å². The molecular weight excluding hydrogens is 451 g/mol. The van der Waals surface area contributed by atoms with Crippen LogP contribution in [-0.4, -0.2) is 10.9 Å². The molecule has 1 amide bonds. The van der Waals surface area contributed by atoms with Gasteiger partial charge in [0.1, 0.15) is 4.99 Å². The zero-order valence-corrected chi connectivity index (χ0v) is 14.8. The molecule has 3 nitrogen and oxygen atoms in total. The molecule has 0 bridgehead atoms. The van der Waals surface area contributed by atoms with Gasteiger partial charge in [-0.2, -0.15) is 0 Å². The first-order chi connectivity index (χ1) is 9.49. The van der Waals surface area contributed by atoms with Gasteiger partial charge in [-0.15, -0.1) is 0 Å². The summed E-state index contributed by atoms with van der Waals surface area (Å²) in [6, 6.07) is 12.7. The minimum atomic E-state index is -0.195. The number of halogens is 2. The third-order valence-corrected chi connectivity index (χ3v) is 4.27. The van der Waals surface area contributed by atoms with Gasteiger partial charge in [-0.25, -0.2) is 0 Å². The highest BCUT2D eigenvalue weighted by Gasteiger charge is 2.13. The molecule has 0 aliphatic heterocycles. The van der Waals surface area contributed by atoms with Gasteiger partial charge in [0.2, 0.25) is 0 Å². The van der Waals surface area contributed by atoms with Crippen molar-refractivity contribution in [1.82, 2.24) is 0 Å². The molecule has 102 valence electrons. The largest absolute Gasteiger partial charge is 0.389 e. The summed E-state index contributed by atoms with van der Waals surface area (Å²) < 4.78 is 1.72. The van der Waals surface area contributed by atoms with Gasteiger partial charge in [0, 0.05) is 13.6 Å². The SMILES string of the molecule is NC(=S)c1ccccc1NC(=O)c1cc(Br)ccc1I. The molecular formula is C14H10BrIN2OS. The number of hydrogen-bond acceptors (Lipinski definition) is 2. The highest BCUT2D eigenvalue weighted by Crippen LogP contribution is 2.21. The Balaban J connectivity index is 2.33. The Morgan fingerprint density at radius 2 is 1.90 bits per heavy atom. The molecule has 3 N–H and O–H groups in total. The monoisotopic (exact) mass is 460 g/mol. The molecule has 0 saturated carbocycles. The Morgan fingerprint density at radius 1 is 1.20 bits per heavy atom. The van der Waals surface area contributed by atoms with E-state index in [1.54, 1.807) is 18.2 Å². The maximum absolute atomic E-state index is 12.3. The number of nitrogens with two attached hydrogens (primary N) is 1. The molecule has 6 heteroatoms. The number of benzene rings is 2. The minimum Gasteiger partial charge on any atom is -0.389 e. The lowest BCUT2D eigenvalue weighted by atomic mass is 10.1. The Kier molecular flexibility index (Phi) is 5.11. The van der Waals surface area contributed by atoms with Crippen molar-refractivity contribution in [3.8, 4) is 0 Å². The maximum atomic E-state index is 12.3. The van der Waals surface area contributed by atoms with E-state index in [2.05, 4.69) is 43.8 Å². The molecule has 2 aromatic rings. The van der Waals surface area contributed by atoms with Crippen LogP contribution in [0, 0.1) is 3.57 Å². The number of rotatable bonds is 3. The fourth-order valence-corrected chi connectivity index (χ4v) is 2.79. The van der Waals surface area contributed by atoms with E-state index >= 15 is 0 Å². The van der Waals surface area contributed by atoms with Crippen molar-refractivity contribution in [3.05, 3.63) is 61.6 Å². The number of carbonyl (C=O) groups is 1. The van der Waals surface area contributed by atoms with Crippen molar-refractivity contribution in [3.63, 3.8) is 0 Å². The number of carbonyl (C=O) groups excluding carboxylic acids is 1. The number of para-hydroxylation sites is 1. The fraction of sp³-hybridized carbons (Fsp3) is 0. The van der Waals surface area contributed by atoms with Crippen molar-refractivity contribution in [1.29, 1.82) is 0 Å². The number of thiocarbonyl (C=S) groups is 1. The van der Waals surface area contributed by atoms with Crippen LogP contribution in [0.3, 0.4) is 0 Å². The van der Waals surface area contributed by atoms with Gasteiger partial charge in [0.25, 0.3) is 5.91 Å². The highest BCUT2D eigenvalue weighted by atomic mass is 127. The summed E-state index contributed by atoms with van der Waals surface area (Å²) in [5, 5.41) is 2.84. The first kappa shape index (κ1) is 15.4. The number of nitrogens with one attached hydrogen (secondary N) is 1. The van der Waals surface area contributed by atoms with Gasteiger partial charge in [-0.1, -0.05) is 40.3 Å². The Labute approximate surface area is 144 Å². The zero-order valence-electron chi connectivity index (χ0n) is 10.2. The van der Waals surface area contributed by atoms with E-state index < -0.39 is 0 Å². The van der Waals surface area contributed by atoms with Crippen molar-refractivity contribution in [2.75, 3.05) is 5.32 Å². The molecule has 2 aromatic carbocycles. The predicted molar refractivity (Wildman–Crippen MR) is 97.1 cm³/mol.